The van der Waals surface area contributed by atoms with Gasteiger partial charge in [0.15, 0.2) is 6.10 Å². The van der Waals surface area contributed by atoms with Gasteiger partial charge in [-0.2, -0.15) is 0 Å². The maximum atomic E-state index is 12.8. The lowest BCUT2D eigenvalue weighted by Crippen LogP contribution is -2.32. The zero-order chi connectivity index (χ0) is 21.8. The van der Waals surface area contributed by atoms with Crippen molar-refractivity contribution in [3.8, 4) is 0 Å². The maximum Gasteiger partial charge on any atom is 0.312 e. The van der Waals surface area contributed by atoms with Gasteiger partial charge in [0.25, 0.3) is 0 Å². The lowest BCUT2D eigenvalue weighted by atomic mass is 10.0. The zero-order valence-electron chi connectivity index (χ0n) is 16.9. The van der Waals surface area contributed by atoms with E-state index in [1.54, 1.807) is 29.2 Å². The van der Waals surface area contributed by atoms with Crippen molar-refractivity contribution in [3.05, 3.63) is 64.2 Å². The fourth-order valence-electron chi connectivity index (χ4n) is 3.59. The molecule has 1 aliphatic rings. The quantitative estimate of drug-likeness (QED) is 0.349. The molecule has 0 unspecified atom stereocenters. The van der Waals surface area contributed by atoms with Crippen LogP contribution in [0.3, 0.4) is 0 Å². The maximum absolute atomic E-state index is 12.8. The van der Waals surface area contributed by atoms with Crippen LogP contribution in [0.2, 0.25) is 5.02 Å². The van der Waals surface area contributed by atoms with E-state index in [-0.39, 0.29) is 37.0 Å². The summed E-state index contributed by atoms with van der Waals surface area (Å²) in [4.78, 5) is 39.7. The van der Waals surface area contributed by atoms with E-state index < -0.39 is 18.0 Å². The van der Waals surface area contributed by atoms with E-state index in [9.17, 15) is 14.4 Å². The Kier molecular flexibility index (Phi) is 7.16. The number of alkyl halides is 1. The predicted octanol–water partition coefficient (Wildman–Crippen LogP) is 4.73. The van der Waals surface area contributed by atoms with Gasteiger partial charge in [0.1, 0.15) is 0 Å². The Balaban J connectivity index is 1.71. The monoisotopic (exact) mass is 447 g/mol. The molecule has 1 aliphatic heterocycles. The molecule has 1 saturated heterocycles. The molecule has 158 valence electrons. The molecule has 30 heavy (non-hydrogen) atoms. The lowest BCUT2D eigenvalue weighted by Gasteiger charge is -2.20. The molecule has 0 saturated carbocycles. The van der Waals surface area contributed by atoms with Crippen molar-refractivity contribution in [3.63, 3.8) is 0 Å². The fraction of sp³-hybridized carbons (Fsp3) is 0.348. The number of Topliss-reactive ketones (excluding diaryl/α,β-unsaturated/α-hetero) is 1. The molecule has 5 nitrogen and oxygen atoms in total. The second-order valence-electron chi connectivity index (χ2n) is 7.47. The molecule has 0 N–H and O–H groups in total. The number of nitrogens with zero attached hydrogens (tertiary/aromatic N) is 1. The van der Waals surface area contributed by atoms with Crippen molar-refractivity contribution in [2.24, 2.45) is 5.92 Å². The number of ketones is 1. The van der Waals surface area contributed by atoms with Crippen LogP contribution in [0, 0.1) is 19.8 Å². The van der Waals surface area contributed by atoms with Crippen molar-refractivity contribution in [1.82, 2.24) is 0 Å². The van der Waals surface area contributed by atoms with E-state index in [0.29, 0.717) is 10.6 Å². The minimum Gasteiger partial charge on any atom is -0.454 e. The number of esters is 1. The zero-order valence-corrected chi connectivity index (χ0v) is 18.4. The average molecular weight is 448 g/mol. The third kappa shape index (κ3) is 5.02. The summed E-state index contributed by atoms with van der Waals surface area (Å²) in [6, 6.07) is 12.2. The van der Waals surface area contributed by atoms with Gasteiger partial charge in [0, 0.05) is 41.5 Å². The van der Waals surface area contributed by atoms with Gasteiger partial charge in [0.2, 0.25) is 11.7 Å². The number of amides is 1. The number of carbonyl (C=O) groups is 3. The SMILES string of the molecule is Cc1ccc(N2C[C@@H](C(=O)O[C@H](CCCl)C(=O)c3ccc(Cl)cc3)CC2=O)c(C)c1. The van der Waals surface area contributed by atoms with Crippen LogP contribution >= 0.6 is 23.2 Å². The summed E-state index contributed by atoms with van der Waals surface area (Å²) in [6.07, 6.45) is -0.758. The molecule has 0 radical (unpaired) electrons. The first-order valence-electron chi connectivity index (χ1n) is 9.74. The summed E-state index contributed by atoms with van der Waals surface area (Å²) in [5.74, 6) is -1.50. The van der Waals surface area contributed by atoms with E-state index in [4.69, 9.17) is 27.9 Å². The molecule has 0 bridgehead atoms. The Morgan fingerprint density at radius 1 is 1.17 bits per heavy atom. The molecule has 7 heteroatoms. The minimum absolute atomic E-state index is 0.0505. The van der Waals surface area contributed by atoms with Crippen LogP contribution in [0.4, 0.5) is 5.69 Å². The first-order chi connectivity index (χ1) is 14.3. The highest BCUT2D eigenvalue weighted by molar-refractivity contribution is 6.30. The second-order valence-corrected chi connectivity index (χ2v) is 8.28. The first kappa shape index (κ1) is 22.3. The second kappa shape index (κ2) is 9.63. The Labute approximate surface area is 185 Å². The van der Waals surface area contributed by atoms with Gasteiger partial charge < -0.3 is 9.64 Å². The van der Waals surface area contributed by atoms with Gasteiger partial charge in [0.05, 0.1) is 5.92 Å². The number of benzene rings is 2. The minimum atomic E-state index is -0.999. The van der Waals surface area contributed by atoms with Gasteiger partial charge in [-0.25, -0.2) is 0 Å². The highest BCUT2D eigenvalue weighted by Crippen LogP contribution is 2.29. The molecule has 2 atom stereocenters. The number of anilines is 1. The van der Waals surface area contributed by atoms with Crippen LogP contribution in [0.15, 0.2) is 42.5 Å². The van der Waals surface area contributed by atoms with Crippen LogP contribution in [0.25, 0.3) is 0 Å². The summed E-state index contributed by atoms with van der Waals surface area (Å²) >= 11 is 11.7. The Hall–Kier alpha value is -2.37. The number of hydrogen-bond donors (Lipinski definition) is 0. The largest absolute Gasteiger partial charge is 0.454 e. The van der Waals surface area contributed by atoms with Gasteiger partial charge in [-0.1, -0.05) is 29.3 Å². The topological polar surface area (TPSA) is 63.7 Å². The predicted molar refractivity (Wildman–Crippen MR) is 117 cm³/mol. The van der Waals surface area contributed by atoms with Crippen molar-refractivity contribution < 1.29 is 19.1 Å². The summed E-state index contributed by atoms with van der Waals surface area (Å²) < 4.78 is 5.52. The van der Waals surface area contributed by atoms with Crippen molar-refractivity contribution in [2.45, 2.75) is 32.8 Å². The van der Waals surface area contributed by atoms with Crippen LogP contribution in [0.5, 0.6) is 0 Å². The smallest absolute Gasteiger partial charge is 0.312 e. The molecular formula is C23H23Cl2NO4. The Morgan fingerprint density at radius 3 is 2.50 bits per heavy atom. The normalized spacial score (nSPS) is 17.1. The number of halogens is 2. The highest BCUT2D eigenvalue weighted by atomic mass is 35.5. The number of rotatable bonds is 7. The van der Waals surface area contributed by atoms with Crippen LogP contribution in [-0.4, -0.2) is 36.2 Å². The third-order valence-corrected chi connectivity index (χ3v) is 5.62. The van der Waals surface area contributed by atoms with Gasteiger partial charge in [-0.3, -0.25) is 14.4 Å². The summed E-state index contributed by atoms with van der Waals surface area (Å²) in [7, 11) is 0. The summed E-state index contributed by atoms with van der Waals surface area (Å²) in [6.45, 7) is 4.14. The summed E-state index contributed by atoms with van der Waals surface area (Å²) in [5.41, 5.74) is 3.25. The third-order valence-electron chi connectivity index (χ3n) is 5.15. The summed E-state index contributed by atoms with van der Waals surface area (Å²) in [5, 5.41) is 0.508. The molecule has 3 rings (SSSR count). The van der Waals surface area contributed by atoms with E-state index >= 15 is 0 Å². The fourth-order valence-corrected chi connectivity index (χ4v) is 3.91. The van der Waals surface area contributed by atoms with Gasteiger partial charge in [-0.15, -0.1) is 11.6 Å². The highest BCUT2D eigenvalue weighted by Gasteiger charge is 2.38. The van der Waals surface area contributed by atoms with E-state index in [1.807, 2.05) is 32.0 Å². The lowest BCUT2D eigenvalue weighted by molar-refractivity contribution is -0.151. The first-order valence-corrected chi connectivity index (χ1v) is 10.6. The van der Waals surface area contributed by atoms with Crippen molar-refractivity contribution in [2.75, 3.05) is 17.3 Å². The molecular weight excluding hydrogens is 425 g/mol. The molecule has 0 aliphatic carbocycles. The Bertz CT molecular complexity index is 958. The molecule has 0 spiro atoms. The van der Waals surface area contributed by atoms with E-state index in [1.165, 1.54) is 0 Å². The number of hydrogen-bond acceptors (Lipinski definition) is 4. The molecule has 1 heterocycles. The molecule has 2 aromatic rings. The number of carbonyl (C=O) groups excluding carboxylic acids is 3. The van der Waals surface area contributed by atoms with E-state index in [0.717, 1.165) is 16.8 Å². The number of ether oxygens (including phenoxy) is 1. The van der Waals surface area contributed by atoms with Crippen molar-refractivity contribution >= 4 is 46.5 Å². The van der Waals surface area contributed by atoms with Crippen molar-refractivity contribution in [1.29, 1.82) is 0 Å². The molecule has 1 amide bonds. The number of aryl methyl sites for hydroxylation is 2. The van der Waals surface area contributed by atoms with Crippen LogP contribution in [-0.2, 0) is 14.3 Å². The Morgan fingerprint density at radius 2 is 1.87 bits per heavy atom. The standard InChI is InChI=1S/C23H23Cl2NO4/c1-14-3-8-19(15(2)11-14)26-13-17(12-21(26)27)23(29)30-20(9-10-24)22(28)16-4-6-18(25)7-5-16/h3-8,11,17,20H,9-10,12-13H2,1-2H3/t17-,20+/m0/s1. The van der Waals surface area contributed by atoms with E-state index in [2.05, 4.69) is 0 Å². The molecule has 0 aromatic heterocycles. The molecule has 2 aromatic carbocycles. The van der Waals surface area contributed by atoms with Gasteiger partial charge in [-0.05, 0) is 49.7 Å². The van der Waals surface area contributed by atoms with Crippen LogP contribution in [0.1, 0.15) is 34.3 Å². The van der Waals surface area contributed by atoms with Gasteiger partial charge >= 0.3 is 5.97 Å². The average Bonchev–Trinajstić information content (AvgIpc) is 3.09. The molecule has 1 fully saturated rings. The van der Waals surface area contributed by atoms with Crippen LogP contribution < -0.4 is 4.90 Å².